The van der Waals surface area contributed by atoms with E-state index < -0.39 is 35.2 Å². The van der Waals surface area contributed by atoms with E-state index in [9.17, 15) is 19.2 Å². The molecule has 0 heterocycles. The standard InChI is InChI=1S/C25H34O9/c1-24-9-8-14(33-22(28)31-4)10-13(24)11-15(21(27)30-3)19-16-6-7-18(26)25(16,2)12-17(20(19)24)34-23(29)32-5/h11,14-17,19-20H,6-10,12H2,1-5H3/t14-,15?,16?,17?,19?,20?,24-,25-/m0/s1. The van der Waals surface area contributed by atoms with E-state index in [2.05, 4.69) is 11.7 Å². The van der Waals surface area contributed by atoms with E-state index in [-0.39, 0.29) is 35.6 Å². The number of rotatable bonds is 3. The van der Waals surface area contributed by atoms with Crippen molar-refractivity contribution in [1.29, 1.82) is 0 Å². The van der Waals surface area contributed by atoms with Gasteiger partial charge < -0.3 is 23.7 Å². The smallest absolute Gasteiger partial charge is 0.469 e. The summed E-state index contributed by atoms with van der Waals surface area (Å²) in [6, 6.07) is 0. The Bertz CT molecular complexity index is 910. The number of ether oxygens (including phenoxy) is 5. The van der Waals surface area contributed by atoms with Crippen molar-refractivity contribution < 1.29 is 42.9 Å². The van der Waals surface area contributed by atoms with Gasteiger partial charge in [-0.3, -0.25) is 9.59 Å². The zero-order valence-electron chi connectivity index (χ0n) is 20.5. The van der Waals surface area contributed by atoms with Gasteiger partial charge in [0.05, 0.1) is 27.2 Å². The second kappa shape index (κ2) is 8.89. The largest absolute Gasteiger partial charge is 0.508 e. The molecule has 4 rings (SSSR count). The molecule has 8 atom stereocenters. The minimum absolute atomic E-state index is 0.0229. The number of carbonyl (C=O) groups is 4. The highest BCUT2D eigenvalue weighted by molar-refractivity contribution is 5.87. The molecule has 0 bridgehead atoms. The van der Waals surface area contributed by atoms with Crippen LogP contribution in [0.25, 0.3) is 0 Å². The van der Waals surface area contributed by atoms with Crippen molar-refractivity contribution in [3.63, 3.8) is 0 Å². The van der Waals surface area contributed by atoms with Gasteiger partial charge in [-0.25, -0.2) is 9.59 Å². The highest BCUT2D eigenvalue weighted by Gasteiger charge is 2.66. The van der Waals surface area contributed by atoms with E-state index in [1.54, 1.807) is 0 Å². The predicted octanol–water partition coefficient (Wildman–Crippen LogP) is 3.83. The number of fused-ring (bicyclic) bond motifs is 5. The van der Waals surface area contributed by atoms with Crippen LogP contribution in [-0.2, 0) is 33.3 Å². The Morgan fingerprint density at radius 3 is 2.26 bits per heavy atom. The van der Waals surface area contributed by atoms with Gasteiger partial charge in [0, 0.05) is 24.2 Å². The SMILES string of the molecule is COC(=O)OC1C[C@]2(C)C(=O)CCC2C2C(C(=O)OC)C=C3C[C@@H](OC(=O)OC)CC[C@]3(C)C12. The van der Waals surface area contributed by atoms with Gasteiger partial charge in [-0.05, 0) is 42.9 Å². The van der Waals surface area contributed by atoms with Crippen LogP contribution in [-0.4, -0.2) is 57.6 Å². The summed E-state index contributed by atoms with van der Waals surface area (Å²) in [6.07, 6.45) is 2.74. The number of ketones is 1. The van der Waals surface area contributed by atoms with Crippen LogP contribution in [0.1, 0.15) is 52.4 Å². The van der Waals surface area contributed by atoms with Gasteiger partial charge in [0.15, 0.2) is 0 Å². The van der Waals surface area contributed by atoms with Crippen LogP contribution in [0.15, 0.2) is 11.6 Å². The maximum absolute atomic E-state index is 13.1. The lowest BCUT2D eigenvalue weighted by Crippen LogP contribution is -2.60. The zero-order valence-corrected chi connectivity index (χ0v) is 20.5. The molecule has 9 nitrogen and oxygen atoms in total. The Balaban J connectivity index is 1.80. The topological polar surface area (TPSA) is 114 Å². The van der Waals surface area contributed by atoms with Crippen molar-refractivity contribution in [1.82, 2.24) is 0 Å². The van der Waals surface area contributed by atoms with Gasteiger partial charge in [-0.1, -0.05) is 25.5 Å². The highest BCUT2D eigenvalue weighted by atomic mass is 16.7. The fraction of sp³-hybridized carbons (Fsp3) is 0.760. The molecule has 188 valence electrons. The first kappa shape index (κ1) is 24.5. The van der Waals surface area contributed by atoms with E-state index in [0.29, 0.717) is 38.5 Å². The Hall–Kier alpha value is -2.58. The maximum Gasteiger partial charge on any atom is 0.508 e. The molecule has 3 fully saturated rings. The molecule has 0 aromatic carbocycles. The summed E-state index contributed by atoms with van der Waals surface area (Å²) < 4.78 is 25.9. The first-order chi connectivity index (χ1) is 16.1. The second-order valence-electron chi connectivity index (χ2n) is 10.5. The fourth-order valence-electron chi connectivity index (χ4n) is 7.43. The molecule has 3 saturated carbocycles. The number of Topliss-reactive ketones (excluding diaryl/α,β-unsaturated/α-hetero) is 1. The van der Waals surface area contributed by atoms with Gasteiger partial charge >= 0.3 is 18.3 Å². The quantitative estimate of drug-likeness (QED) is 0.339. The summed E-state index contributed by atoms with van der Waals surface area (Å²) in [5, 5.41) is 0. The van der Waals surface area contributed by atoms with E-state index >= 15 is 0 Å². The average molecular weight is 479 g/mol. The predicted molar refractivity (Wildman–Crippen MR) is 118 cm³/mol. The fourth-order valence-corrected chi connectivity index (χ4v) is 7.43. The van der Waals surface area contributed by atoms with Crippen LogP contribution >= 0.6 is 0 Å². The van der Waals surface area contributed by atoms with Crippen LogP contribution in [0.2, 0.25) is 0 Å². The summed E-state index contributed by atoms with van der Waals surface area (Å²) in [7, 11) is 3.88. The average Bonchev–Trinajstić information content (AvgIpc) is 3.11. The number of methoxy groups -OCH3 is 3. The number of hydrogen-bond acceptors (Lipinski definition) is 9. The first-order valence-corrected chi connectivity index (χ1v) is 11.9. The van der Waals surface area contributed by atoms with E-state index in [0.717, 1.165) is 5.57 Å². The summed E-state index contributed by atoms with van der Waals surface area (Å²) in [6.45, 7) is 4.07. The van der Waals surface area contributed by atoms with E-state index in [4.69, 9.17) is 18.9 Å². The van der Waals surface area contributed by atoms with Gasteiger partial charge in [-0.2, -0.15) is 0 Å². The summed E-state index contributed by atoms with van der Waals surface area (Å²) in [4.78, 5) is 50.1. The lowest BCUT2D eigenvalue weighted by Gasteiger charge is -2.60. The molecule has 0 aliphatic heterocycles. The normalized spacial score (nSPS) is 40.6. The Morgan fingerprint density at radius 1 is 0.941 bits per heavy atom. The summed E-state index contributed by atoms with van der Waals surface area (Å²) in [5.41, 5.74) is -0.105. The third-order valence-corrected chi connectivity index (χ3v) is 9.06. The Kier molecular flexibility index (Phi) is 6.42. The zero-order chi connectivity index (χ0) is 24.8. The molecule has 4 aliphatic rings. The number of esters is 1. The third-order valence-electron chi connectivity index (χ3n) is 9.06. The molecule has 4 aliphatic carbocycles. The summed E-state index contributed by atoms with van der Waals surface area (Å²) in [5.74, 6) is -1.27. The van der Waals surface area contributed by atoms with Crippen molar-refractivity contribution in [3.05, 3.63) is 11.6 Å². The Labute approximate surface area is 199 Å². The van der Waals surface area contributed by atoms with Crippen LogP contribution in [0.3, 0.4) is 0 Å². The molecule has 0 aromatic rings. The monoisotopic (exact) mass is 478 g/mol. The van der Waals surface area contributed by atoms with Crippen LogP contribution in [0.4, 0.5) is 9.59 Å². The minimum atomic E-state index is -0.798. The van der Waals surface area contributed by atoms with Crippen molar-refractivity contribution in [2.45, 2.75) is 64.6 Å². The molecule has 5 unspecified atom stereocenters. The van der Waals surface area contributed by atoms with Gasteiger partial charge in [0.25, 0.3) is 0 Å². The first-order valence-electron chi connectivity index (χ1n) is 11.9. The number of carbonyl (C=O) groups excluding carboxylic acids is 4. The summed E-state index contributed by atoms with van der Waals surface area (Å²) >= 11 is 0. The Morgan fingerprint density at radius 2 is 1.62 bits per heavy atom. The van der Waals surface area contributed by atoms with Crippen LogP contribution < -0.4 is 0 Å². The van der Waals surface area contributed by atoms with Crippen molar-refractivity contribution >= 4 is 24.1 Å². The molecule has 0 saturated heterocycles. The third kappa shape index (κ3) is 3.77. The molecule has 9 heteroatoms. The highest BCUT2D eigenvalue weighted by Crippen LogP contribution is 2.66. The van der Waals surface area contributed by atoms with Gasteiger partial charge in [-0.15, -0.1) is 0 Å². The molecule has 0 spiro atoms. The van der Waals surface area contributed by atoms with Crippen LogP contribution in [0, 0.1) is 34.5 Å². The molecule has 34 heavy (non-hydrogen) atoms. The van der Waals surface area contributed by atoms with Crippen molar-refractivity contribution in [2.24, 2.45) is 34.5 Å². The molecule has 0 N–H and O–H groups in total. The van der Waals surface area contributed by atoms with Gasteiger partial charge in [0.1, 0.15) is 18.0 Å². The van der Waals surface area contributed by atoms with E-state index in [1.165, 1.54) is 21.3 Å². The van der Waals surface area contributed by atoms with Crippen molar-refractivity contribution in [3.8, 4) is 0 Å². The second-order valence-corrected chi connectivity index (χ2v) is 10.5. The molecule has 0 radical (unpaired) electrons. The lowest BCUT2D eigenvalue weighted by atomic mass is 9.45. The molecule has 0 amide bonds. The van der Waals surface area contributed by atoms with Gasteiger partial charge in [0.2, 0.25) is 0 Å². The van der Waals surface area contributed by atoms with Crippen molar-refractivity contribution in [2.75, 3.05) is 21.3 Å². The molecular formula is C25H34O9. The van der Waals surface area contributed by atoms with Crippen LogP contribution in [0.5, 0.6) is 0 Å². The molecular weight excluding hydrogens is 444 g/mol. The number of hydrogen-bond donors (Lipinski definition) is 0. The minimum Gasteiger partial charge on any atom is -0.469 e. The molecule has 0 aromatic heterocycles. The lowest BCUT2D eigenvalue weighted by molar-refractivity contribution is -0.168. The van der Waals surface area contributed by atoms with E-state index in [1.807, 2.05) is 13.0 Å². The maximum atomic E-state index is 13.1.